The molecule has 7 nitrogen and oxygen atoms in total. The monoisotopic (exact) mass is 510 g/mol. The maximum absolute atomic E-state index is 11.6. The van der Waals surface area contributed by atoms with Crippen LogP contribution < -0.4 is 9.47 Å². The van der Waals surface area contributed by atoms with Crippen molar-refractivity contribution in [2.75, 3.05) is 14.2 Å². The van der Waals surface area contributed by atoms with Crippen molar-refractivity contribution in [2.24, 2.45) is 0 Å². The number of carboxylic acid groups (broad SMARTS) is 1. The van der Waals surface area contributed by atoms with E-state index in [1.165, 1.54) is 0 Å². The number of halogens is 1. The van der Waals surface area contributed by atoms with E-state index in [4.69, 9.17) is 13.9 Å². The Bertz CT molecular complexity index is 995. The van der Waals surface area contributed by atoms with Gasteiger partial charge in [0.05, 0.1) is 14.2 Å². The molecule has 0 saturated carbocycles. The lowest BCUT2D eigenvalue weighted by molar-refractivity contribution is -0.131. The number of hydrogen-bond donors (Lipinski definition) is 1. The van der Waals surface area contributed by atoms with Crippen molar-refractivity contribution in [3.8, 4) is 23.0 Å². The van der Waals surface area contributed by atoms with Crippen molar-refractivity contribution in [1.82, 2.24) is 10.2 Å². The molecule has 2 aromatic carbocycles. The molecule has 0 atom stereocenters. The van der Waals surface area contributed by atoms with Crippen LogP contribution in [0.5, 0.6) is 11.5 Å². The average Bonchev–Trinajstić information content (AvgIpc) is 3.17. The first-order valence-electron chi connectivity index (χ1n) is 7.94. The smallest absolute Gasteiger partial charge is 0.342 e. The lowest BCUT2D eigenvalue weighted by Crippen LogP contribution is -1.96. The van der Waals surface area contributed by atoms with Gasteiger partial charge in [-0.15, -0.1) is 10.2 Å². The van der Waals surface area contributed by atoms with E-state index in [1.54, 1.807) is 38.5 Å². The Kier molecular flexibility index (Phi) is 6.57. The molecule has 0 fully saturated rings. The summed E-state index contributed by atoms with van der Waals surface area (Å²) in [5.74, 6) is 0.309. The molecule has 0 radical (unpaired) electrons. The fourth-order valence-electron chi connectivity index (χ4n) is 2.24. The number of thioether (sulfide) groups is 1. The zero-order chi connectivity index (χ0) is 20.1. The largest absolute Gasteiger partial charge is 0.497 e. The Morgan fingerprint density at radius 3 is 2.32 bits per heavy atom. The summed E-state index contributed by atoms with van der Waals surface area (Å²) in [6.45, 7) is 0. The molecule has 0 bridgehead atoms. The highest BCUT2D eigenvalue weighted by Crippen LogP contribution is 2.33. The number of benzene rings is 2. The molecular weight excluding hydrogens is 495 g/mol. The summed E-state index contributed by atoms with van der Waals surface area (Å²) >= 11 is 3.08. The zero-order valence-electron chi connectivity index (χ0n) is 14.9. The quantitative estimate of drug-likeness (QED) is 0.281. The third-order valence-electron chi connectivity index (χ3n) is 3.58. The molecule has 1 heterocycles. The average molecular weight is 510 g/mol. The minimum Gasteiger partial charge on any atom is -0.497 e. The van der Waals surface area contributed by atoms with Crippen LogP contribution in [-0.4, -0.2) is 35.5 Å². The van der Waals surface area contributed by atoms with Gasteiger partial charge in [-0.1, -0.05) is 12.1 Å². The second kappa shape index (κ2) is 9.11. The minimum absolute atomic E-state index is 0.0691. The molecule has 28 heavy (non-hydrogen) atoms. The molecule has 3 aromatic rings. The van der Waals surface area contributed by atoms with E-state index >= 15 is 0 Å². The molecule has 1 aromatic heterocycles. The molecule has 9 heteroatoms. The van der Waals surface area contributed by atoms with E-state index in [0.29, 0.717) is 17.1 Å². The molecule has 0 aliphatic rings. The summed E-state index contributed by atoms with van der Waals surface area (Å²) in [4.78, 5) is 11.7. The van der Waals surface area contributed by atoms with Crippen LogP contribution in [0.1, 0.15) is 5.56 Å². The van der Waals surface area contributed by atoms with Crippen LogP contribution >= 0.6 is 34.4 Å². The van der Waals surface area contributed by atoms with Crippen molar-refractivity contribution in [1.29, 1.82) is 0 Å². The number of carboxylic acids is 1. The third-order valence-corrected chi connectivity index (χ3v) is 5.15. The van der Waals surface area contributed by atoms with Crippen molar-refractivity contribution in [3.05, 3.63) is 56.5 Å². The van der Waals surface area contributed by atoms with E-state index in [-0.39, 0.29) is 16.0 Å². The fourth-order valence-corrected chi connectivity index (χ4v) is 3.27. The van der Waals surface area contributed by atoms with Gasteiger partial charge in [0, 0.05) is 15.2 Å². The number of ether oxygens (including phenoxy) is 2. The van der Waals surface area contributed by atoms with Gasteiger partial charge < -0.3 is 19.0 Å². The Labute approximate surface area is 178 Å². The van der Waals surface area contributed by atoms with Gasteiger partial charge >= 0.3 is 5.97 Å². The topological polar surface area (TPSA) is 94.7 Å². The summed E-state index contributed by atoms with van der Waals surface area (Å²) in [7, 11) is 3.09. The van der Waals surface area contributed by atoms with Crippen LogP contribution in [-0.2, 0) is 4.79 Å². The number of methoxy groups -OCH3 is 2. The number of carbonyl (C=O) groups is 1. The number of nitrogens with zero attached hydrogens (tertiary/aromatic N) is 2. The van der Waals surface area contributed by atoms with Crippen molar-refractivity contribution >= 4 is 46.4 Å². The predicted octanol–water partition coefficient (Wildman–Crippen LogP) is 4.58. The van der Waals surface area contributed by atoms with Gasteiger partial charge in [0.1, 0.15) is 16.4 Å². The van der Waals surface area contributed by atoms with Crippen molar-refractivity contribution in [3.63, 3.8) is 0 Å². The van der Waals surface area contributed by atoms with E-state index in [0.717, 1.165) is 20.9 Å². The molecule has 0 aliphatic heterocycles. The van der Waals surface area contributed by atoms with Crippen LogP contribution in [0.2, 0.25) is 0 Å². The van der Waals surface area contributed by atoms with Crippen LogP contribution in [0.3, 0.4) is 0 Å². The number of aromatic nitrogens is 2. The van der Waals surface area contributed by atoms with Crippen molar-refractivity contribution < 1.29 is 23.8 Å². The normalized spacial score (nSPS) is 11.3. The SMILES string of the molecule is COc1cc(OC)cc(-c2nnc(S/C(=C\c3ccc(I)cc3)C(=O)O)o2)c1. The van der Waals surface area contributed by atoms with Crippen LogP contribution in [0.4, 0.5) is 0 Å². The molecule has 3 rings (SSSR count). The standard InChI is InChI=1S/C19H15IN2O5S/c1-25-14-8-12(9-15(10-14)26-2)17-21-22-19(27-17)28-16(18(23)24)7-11-3-5-13(20)6-4-11/h3-10H,1-2H3,(H,23,24)/b16-7-. The maximum Gasteiger partial charge on any atom is 0.342 e. The molecule has 1 N–H and O–H groups in total. The number of rotatable bonds is 7. The molecule has 0 spiro atoms. The zero-order valence-corrected chi connectivity index (χ0v) is 17.9. The summed E-state index contributed by atoms with van der Waals surface area (Å²) in [6.07, 6.45) is 1.56. The first kappa shape index (κ1) is 20.2. The van der Waals surface area contributed by atoms with Gasteiger partial charge in [0.2, 0.25) is 5.89 Å². The summed E-state index contributed by atoms with van der Waals surface area (Å²) in [5.41, 5.74) is 1.37. The Hall–Kier alpha value is -2.53. The third kappa shape index (κ3) is 5.04. The van der Waals surface area contributed by atoms with Gasteiger partial charge in [-0.25, -0.2) is 4.79 Å². The number of hydrogen-bond acceptors (Lipinski definition) is 7. The van der Waals surface area contributed by atoms with E-state index in [1.807, 2.05) is 24.3 Å². The van der Waals surface area contributed by atoms with Crippen molar-refractivity contribution in [2.45, 2.75) is 5.22 Å². The highest BCUT2D eigenvalue weighted by Gasteiger charge is 2.17. The van der Waals surface area contributed by atoms with E-state index < -0.39 is 5.97 Å². The highest BCUT2D eigenvalue weighted by molar-refractivity contribution is 14.1. The first-order chi connectivity index (χ1) is 13.5. The van der Waals surface area contributed by atoms with Crippen LogP contribution in [0.15, 0.2) is 57.0 Å². The summed E-state index contributed by atoms with van der Waals surface area (Å²) < 4.78 is 17.2. The fraction of sp³-hybridized carbons (Fsp3) is 0.105. The van der Waals surface area contributed by atoms with Gasteiger partial charge in [0.25, 0.3) is 5.22 Å². The summed E-state index contributed by atoms with van der Waals surface area (Å²) in [5, 5.41) is 17.6. The van der Waals surface area contributed by atoms with Crippen LogP contribution in [0.25, 0.3) is 17.5 Å². The molecule has 0 saturated heterocycles. The van der Waals surface area contributed by atoms with Gasteiger partial charge in [-0.3, -0.25) is 0 Å². The number of aliphatic carboxylic acids is 1. The van der Waals surface area contributed by atoms with Gasteiger partial charge in [0.15, 0.2) is 0 Å². The van der Waals surface area contributed by atoms with Gasteiger partial charge in [-0.05, 0) is 70.3 Å². The Balaban J connectivity index is 1.86. The molecule has 0 amide bonds. The van der Waals surface area contributed by atoms with E-state index in [9.17, 15) is 9.90 Å². The lowest BCUT2D eigenvalue weighted by Gasteiger charge is -2.05. The molecular formula is C19H15IN2O5S. The lowest BCUT2D eigenvalue weighted by atomic mass is 10.2. The Morgan fingerprint density at radius 2 is 1.75 bits per heavy atom. The molecule has 0 unspecified atom stereocenters. The highest BCUT2D eigenvalue weighted by atomic mass is 127. The molecule has 144 valence electrons. The minimum atomic E-state index is -1.08. The Morgan fingerprint density at radius 1 is 1.11 bits per heavy atom. The second-order valence-corrected chi connectivity index (χ2v) is 7.68. The van der Waals surface area contributed by atoms with Gasteiger partial charge in [-0.2, -0.15) is 0 Å². The second-order valence-electron chi connectivity index (χ2n) is 5.44. The maximum atomic E-state index is 11.6. The first-order valence-corrected chi connectivity index (χ1v) is 9.83. The van der Waals surface area contributed by atoms with E-state index in [2.05, 4.69) is 32.8 Å². The van der Waals surface area contributed by atoms with Crippen LogP contribution in [0, 0.1) is 3.57 Å². The molecule has 0 aliphatic carbocycles. The summed E-state index contributed by atoms with van der Waals surface area (Å²) in [6, 6.07) is 12.7. The predicted molar refractivity (Wildman–Crippen MR) is 113 cm³/mol.